The Kier molecular flexibility index (Phi) is 3.50. The first-order valence-electron chi connectivity index (χ1n) is 6.24. The summed E-state index contributed by atoms with van der Waals surface area (Å²) in [4.78, 5) is 11.6. The summed E-state index contributed by atoms with van der Waals surface area (Å²) in [5.74, 6) is 0.582. The van der Waals surface area contributed by atoms with Crippen molar-refractivity contribution in [2.75, 3.05) is 13.7 Å². The van der Waals surface area contributed by atoms with E-state index in [-0.39, 0.29) is 5.91 Å². The molecule has 0 atom stereocenters. The molecule has 0 aromatic heterocycles. The van der Waals surface area contributed by atoms with Gasteiger partial charge in [0.25, 0.3) is 0 Å². The minimum absolute atomic E-state index is 0.192. The normalized spacial score (nSPS) is 34.9. The Balaban J connectivity index is 1.90. The topological polar surface area (TPSA) is 64.3 Å². The van der Waals surface area contributed by atoms with Gasteiger partial charge in [0.05, 0.1) is 11.6 Å². The fourth-order valence-electron chi connectivity index (χ4n) is 2.49. The summed E-state index contributed by atoms with van der Waals surface area (Å²) in [5.41, 5.74) is 5.09. The highest BCUT2D eigenvalue weighted by Crippen LogP contribution is 2.33. The zero-order chi connectivity index (χ0) is 11.6. The molecule has 0 aromatic carbocycles. The molecule has 0 unspecified atom stereocenters. The van der Waals surface area contributed by atoms with Crippen LogP contribution >= 0.6 is 0 Å². The van der Waals surface area contributed by atoms with Gasteiger partial charge in [0.2, 0.25) is 5.91 Å². The number of ether oxygens (including phenoxy) is 1. The van der Waals surface area contributed by atoms with Crippen LogP contribution in [0.5, 0.6) is 0 Å². The van der Waals surface area contributed by atoms with Gasteiger partial charge >= 0.3 is 0 Å². The molecule has 2 rings (SSSR count). The Hall–Kier alpha value is -0.610. The van der Waals surface area contributed by atoms with Gasteiger partial charge < -0.3 is 15.8 Å². The molecule has 0 spiro atoms. The van der Waals surface area contributed by atoms with E-state index >= 15 is 0 Å². The molecule has 0 radical (unpaired) electrons. The molecule has 92 valence electrons. The van der Waals surface area contributed by atoms with Crippen molar-refractivity contribution < 1.29 is 9.53 Å². The van der Waals surface area contributed by atoms with Crippen LogP contribution < -0.4 is 11.1 Å². The second kappa shape index (κ2) is 4.72. The number of rotatable bonds is 5. The van der Waals surface area contributed by atoms with Gasteiger partial charge in [-0.2, -0.15) is 0 Å². The van der Waals surface area contributed by atoms with Gasteiger partial charge in [-0.05, 0) is 51.0 Å². The highest BCUT2D eigenvalue weighted by atomic mass is 16.5. The van der Waals surface area contributed by atoms with Gasteiger partial charge in [-0.15, -0.1) is 0 Å². The van der Waals surface area contributed by atoms with E-state index in [4.69, 9.17) is 10.5 Å². The Morgan fingerprint density at radius 1 is 1.38 bits per heavy atom. The Morgan fingerprint density at radius 2 is 2.00 bits per heavy atom. The van der Waals surface area contributed by atoms with E-state index in [1.54, 1.807) is 7.11 Å². The summed E-state index contributed by atoms with van der Waals surface area (Å²) in [6.45, 7) is 0.945. The van der Waals surface area contributed by atoms with Crippen molar-refractivity contribution in [1.29, 1.82) is 0 Å². The summed E-state index contributed by atoms with van der Waals surface area (Å²) in [6, 6.07) is 0. The maximum atomic E-state index is 11.6. The zero-order valence-corrected chi connectivity index (χ0v) is 10.00. The molecule has 0 aliphatic heterocycles. The van der Waals surface area contributed by atoms with E-state index in [0.29, 0.717) is 6.10 Å². The smallest absolute Gasteiger partial charge is 0.237 e. The SMILES string of the molecule is COC1CCC(NCC2CC2)(C(N)=O)CC1. The molecule has 0 saturated heterocycles. The summed E-state index contributed by atoms with van der Waals surface area (Å²) in [7, 11) is 1.74. The van der Waals surface area contributed by atoms with Crippen LogP contribution in [0.4, 0.5) is 0 Å². The van der Waals surface area contributed by atoms with Crippen molar-refractivity contribution in [3.8, 4) is 0 Å². The number of nitrogens with one attached hydrogen (secondary N) is 1. The van der Waals surface area contributed by atoms with E-state index in [2.05, 4.69) is 5.32 Å². The van der Waals surface area contributed by atoms with Crippen molar-refractivity contribution in [2.24, 2.45) is 11.7 Å². The summed E-state index contributed by atoms with van der Waals surface area (Å²) in [5, 5.41) is 3.41. The minimum atomic E-state index is -0.461. The van der Waals surface area contributed by atoms with Crippen molar-refractivity contribution in [2.45, 2.75) is 50.2 Å². The first kappa shape index (κ1) is 11.9. The van der Waals surface area contributed by atoms with E-state index < -0.39 is 5.54 Å². The number of carbonyl (C=O) groups is 1. The lowest BCUT2D eigenvalue weighted by Crippen LogP contribution is -2.58. The molecule has 0 bridgehead atoms. The molecular formula is C12H22N2O2. The summed E-state index contributed by atoms with van der Waals surface area (Å²) in [6.07, 6.45) is 6.37. The maximum Gasteiger partial charge on any atom is 0.237 e. The van der Waals surface area contributed by atoms with Gasteiger partial charge in [0.1, 0.15) is 0 Å². The summed E-state index contributed by atoms with van der Waals surface area (Å²) < 4.78 is 5.32. The third-order valence-corrected chi connectivity index (χ3v) is 4.02. The molecule has 4 heteroatoms. The van der Waals surface area contributed by atoms with Crippen LogP contribution in [0.15, 0.2) is 0 Å². The van der Waals surface area contributed by atoms with Crippen molar-refractivity contribution >= 4 is 5.91 Å². The van der Waals surface area contributed by atoms with Crippen LogP contribution in [0.1, 0.15) is 38.5 Å². The predicted molar refractivity (Wildman–Crippen MR) is 61.9 cm³/mol. The lowest BCUT2D eigenvalue weighted by atomic mass is 9.79. The highest BCUT2D eigenvalue weighted by molar-refractivity contribution is 5.84. The van der Waals surface area contributed by atoms with Crippen LogP contribution in [0.2, 0.25) is 0 Å². The van der Waals surface area contributed by atoms with E-state index in [1.807, 2.05) is 0 Å². The zero-order valence-electron chi connectivity index (χ0n) is 10.00. The van der Waals surface area contributed by atoms with Gasteiger partial charge in [-0.25, -0.2) is 0 Å². The van der Waals surface area contributed by atoms with Gasteiger partial charge in [0.15, 0.2) is 0 Å². The molecule has 3 N–H and O–H groups in total. The second-order valence-corrected chi connectivity index (χ2v) is 5.21. The van der Waals surface area contributed by atoms with Crippen LogP contribution in [0, 0.1) is 5.92 Å². The number of nitrogens with two attached hydrogens (primary N) is 1. The monoisotopic (exact) mass is 226 g/mol. The standard InChI is InChI=1S/C12H22N2O2/c1-16-10-4-6-12(7-5-10,11(13)15)14-8-9-2-3-9/h9-10,14H,2-8H2,1H3,(H2,13,15). The number of amides is 1. The molecule has 2 saturated carbocycles. The average Bonchev–Trinajstić information content (AvgIpc) is 3.10. The van der Waals surface area contributed by atoms with Gasteiger partial charge in [-0.1, -0.05) is 0 Å². The molecule has 1 amide bonds. The number of carbonyl (C=O) groups excluding carboxylic acids is 1. The first-order valence-corrected chi connectivity index (χ1v) is 6.24. The first-order chi connectivity index (χ1) is 7.66. The van der Waals surface area contributed by atoms with Crippen LogP contribution in [-0.2, 0) is 9.53 Å². The molecule has 4 nitrogen and oxygen atoms in total. The largest absolute Gasteiger partial charge is 0.381 e. The molecule has 2 aliphatic rings. The number of hydrogen-bond donors (Lipinski definition) is 2. The summed E-state index contributed by atoms with van der Waals surface area (Å²) >= 11 is 0. The minimum Gasteiger partial charge on any atom is -0.381 e. The maximum absolute atomic E-state index is 11.6. The molecule has 0 aromatic rings. The fraction of sp³-hybridized carbons (Fsp3) is 0.917. The number of methoxy groups -OCH3 is 1. The highest BCUT2D eigenvalue weighted by Gasteiger charge is 2.41. The van der Waals surface area contributed by atoms with Crippen molar-refractivity contribution in [3.05, 3.63) is 0 Å². The lowest BCUT2D eigenvalue weighted by molar-refractivity contribution is -0.127. The van der Waals surface area contributed by atoms with E-state index in [1.165, 1.54) is 12.8 Å². The number of primary amides is 1. The molecule has 2 fully saturated rings. The van der Waals surface area contributed by atoms with Gasteiger partial charge in [-0.3, -0.25) is 4.79 Å². The Morgan fingerprint density at radius 3 is 2.44 bits per heavy atom. The second-order valence-electron chi connectivity index (χ2n) is 5.21. The van der Waals surface area contributed by atoms with Crippen LogP contribution in [-0.4, -0.2) is 31.2 Å². The van der Waals surface area contributed by atoms with Gasteiger partial charge in [0, 0.05) is 7.11 Å². The van der Waals surface area contributed by atoms with E-state index in [9.17, 15) is 4.79 Å². The molecule has 0 heterocycles. The predicted octanol–water partition coefficient (Wildman–Crippen LogP) is 0.799. The molecule has 16 heavy (non-hydrogen) atoms. The van der Waals surface area contributed by atoms with Crippen LogP contribution in [0.3, 0.4) is 0 Å². The third kappa shape index (κ3) is 2.55. The quantitative estimate of drug-likeness (QED) is 0.728. The fourth-order valence-corrected chi connectivity index (χ4v) is 2.49. The molecule has 2 aliphatic carbocycles. The van der Waals surface area contributed by atoms with Crippen LogP contribution in [0.25, 0.3) is 0 Å². The van der Waals surface area contributed by atoms with Crippen molar-refractivity contribution in [1.82, 2.24) is 5.32 Å². The third-order valence-electron chi connectivity index (χ3n) is 4.02. The Bertz CT molecular complexity index is 256. The number of hydrogen-bond acceptors (Lipinski definition) is 3. The average molecular weight is 226 g/mol. The Labute approximate surface area is 96.9 Å². The van der Waals surface area contributed by atoms with E-state index in [0.717, 1.165) is 38.1 Å². The molecular weight excluding hydrogens is 204 g/mol. The van der Waals surface area contributed by atoms with Crippen molar-refractivity contribution in [3.63, 3.8) is 0 Å². The lowest BCUT2D eigenvalue weighted by Gasteiger charge is -2.38.